The summed E-state index contributed by atoms with van der Waals surface area (Å²) in [7, 11) is -1.89. The van der Waals surface area contributed by atoms with Gasteiger partial charge in [-0.25, -0.2) is 8.42 Å². The smallest absolute Gasteiger partial charge is 0.252 e. The van der Waals surface area contributed by atoms with E-state index in [9.17, 15) is 8.42 Å². The Balaban J connectivity index is 1.71. The van der Waals surface area contributed by atoms with Gasteiger partial charge in [-0.2, -0.15) is 9.29 Å². The van der Waals surface area contributed by atoms with Crippen molar-refractivity contribution in [1.82, 2.24) is 14.4 Å². The molecule has 2 aromatic rings. The van der Waals surface area contributed by atoms with Gasteiger partial charge in [-0.15, -0.1) is 0 Å². The number of piperidine rings is 1. The topological polar surface area (TPSA) is 94.8 Å². The molecule has 2 heterocycles. The van der Waals surface area contributed by atoms with E-state index < -0.39 is 16.1 Å². The normalized spacial score (nSPS) is 18.6. The van der Waals surface area contributed by atoms with Crippen molar-refractivity contribution in [2.24, 2.45) is 0 Å². The fourth-order valence-electron chi connectivity index (χ4n) is 3.13. The minimum atomic E-state index is -3.48. The zero-order valence-electron chi connectivity index (χ0n) is 15.4. The summed E-state index contributed by atoms with van der Waals surface area (Å²) in [4.78, 5) is 4.35. The highest BCUT2D eigenvalue weighted by Gasteiger charge is 2.36. The van der Waals surface area contributed by atoms with Gasteiger partial charge in [-0.1, -0.05) is 41.9 Å². The zero-order chi connectivity index (χ0) is 19.1. The number of hydrogen-bond acceptors (Lipinski definition) is 7. The average Bonchev–Trinajstić information content (AvgIpc) is 3.15. The lowest BCUT2D eigenvalue weighted by molar-refractivity contribution is 0.0494. The first kappa shape index (κ1) is 19.9. The Labute approximate surface area is 159 Å². The molecule has 0 amide bonds. The maximum atomic E-state index is 13.0. The van der Waals surface area contributed by atoms with Gasteiger partial charge in [0.05, 0.1) is 25.0 Å². The lowest BCUT2D eigenvalue weighted by Crippen LogP contribution is -2.39. The molecule has 1 fully saturated rings. The number of methoxy groups -OCH3 is 1. The lowest BCUT2D eigenvalue weighted by atomic mass is 10.0. The average molecular weight is 395 g/mol. The molecule has 8 nitrogen and oxygen atoms in total. The van der Waals surface area contributed by atoms with Crippen molar-refractivity contribution in [2.75, 3.05) is 26.9 Å². The fraction of sp³-hybridized carbons (Fsp3) is 0.556. The Kier molecular flexibility index (Phi) is 6.95. The van der Waals surface area contributed by atoms with Gasteiger partial charge in [-0.05, 0) is 18.4 Å². The fourth-order valence-corrected chi connectivity index (χ4v) is 4.90. The van der Waals surface area contributed by atoms with E-state index in [1.807, 2.05) is 30.3 Å². The highest BCUT2D eigenvalue weighted by Crippen LogP contribution is 2.32. The molecule has 1 aromatic carbocycles. The van der Waals surface area contributed by atoms with Gasteiger partial charge in [-0.3, -0.25) is 0 Å². The van der Waals surface area contributed by atoms with Gasteiger partial charge in [0, 0.05) is 13.7 Å². The molecule has 0 N–H and O–H groups in total. The summed E-state index contributed by atoms with van der Waals surface area (Å²) in [5.74, 6) is 0.707. The molecule has 0 bridgehead atoms. The first-order valence-electron chi connectivity index (χ1n) is 9.03. The summed E-state index contributed by atoms with van der Waals surface area (Å²) in [6.45, 7) is 1.55. The Hall–Kier alpha value is -1.81. The Bertz CT molecular complexity index is 809. The molecule has 0 radical (unpaired) electrons. The molecule has 27 heavy (non-hydrogen) atoms. The van der Waals surface area contributed by atoms with E-state index >= 15 is 0 Å². The Morgan fingerprint density at radius 2 is 2.04 bits per heavy atom. The molecule has 148 valence electrons. The molecular formula is C18H25N3O5S. The van der Waals surface area contributed by atoms with Crippen molar-refractivity contribution in [1.29, 1.82) is 0 Å². The van der Waals surface area contributed by atoms with Crippen LogP contribution in [0.15, 0.2) is 34.9 Å². The van der Waals surface area contributed by atoms with Crippen molar-refractivity contribution in [3.8, 4) is 0 Å². The molecule has 3 rings (SSSR count). The van der Waals surface area contributed by atoms with Crippen molar-refractivity contribution >= 4 is 10.0 Å². The third kappa shape index (κ3) is 5.35. The van der Waals surface area contributed by atoms with Crippen molar-refractivity contribution in [2.45, 2.75) is 37.7 Å². The second-order valence-electron chi connectivity index (χ2n) is 6.46. The van der Waals surface area contributed by atoms with Crippen LogP contribution >= 0.6 is 0 Å². The first-order valence-corrected chi connectivity index (χ1v) is 10.6. The Morgan fingerprint density at radius 1 is 1.22 bits per heavy atom. The maximum Gasteiger partial charge on any atom is 0.252 e. The van der Waals surface area contributed by atoms with E-state index in [-0.39, 0.29) is 12.4 Å². The number of benzene rings is 1. The maximum absolute atomic E-state index is 13.0. The van der Waals surface area contributed by atoms with Crippen LogP contribution in [0.3, 0.4) is 0 Å². The van der Waals surface area contributed by atoms with Crippen molar-refractivity contribution < 1.29 is 22.4 Å². The summed E-state index contributed by atoms with van der Waals surface area (Å²) in [6.07, 6.45) is 2.43. The van der Waals surface area contributed by atoms with Crippen LogP contribution in [0.25, 0.3) is 0 Å². The van der Waals surface area contributed by atoms with Gasteiger partial charge in [0.15, 0.2) is 5.82 Å². The molecule has 1 unspecified atom stereocenters. The highest BCUT2D eigenvalue weighted by molar-refractivity contribution is 7.88. The monoisotopic (exact) mass is 395 g/mol. The summed E-state index contributed by atoms with van der Waals surface area (Å²) in [6, 6.07) is 8.79. The SMILES string of the molecule is COCCOCc1nc(C2CCCCN2S(=O)(=O)Cc2ccccc2)no1. The van der Waals surface area contributed by atoms with Crippen LogP contribution in [0.4, 0.5) is 0 Å². The summed E-state index contributed by atoms with van der Waals surface area (Å²) < 4.78 is 43.0. The number of nitrogens with zero attached hydrogens (tertiary/aromatic N) is 3. The third-order valence-corrected chi connectivity index (χ3v) is 6.29. The van der Waals surface area contributed by atoms with E-state index in [4.69, 9.17) is 14.0 Å². The Morgan fingerprint density at radius 3 is 2.81 bits per heavy atom. The molecule has 0 saturated carbocycles. The number of rotatable bonds is 9. The minimum Gasteiger partial charge on any atom is -0.382 e. The molecule has 1 atom stereocenters. The van der Waals surface area contributed by atoms with Crippen LogP contribution in [-0.4, -0.2) is 49.7 Å². The van der Waals surface area contributed by atoms with Crippen LogP contribution in [0.1, 0.15) is 42.6 Å². The van der Waals surface area contributed by atoms with Gasteiger partial charge >= 0.3 is 0 Å². The van der Waals surface area contributed by atoms with Crippen LogP contribution in [0, 0.1) is 0 Å². The standard InChI is InChI=1S/C18H25N3O5S/c1-24-11-12-25-13-17-19-18(20-26-17)16-9-5-6-10-21(16)27(22,23)14-15-7-3-2-4-8-15/h2-4,7-8,16H,5-6,9-14H2,1H3. The number of sulfonamides is 1. The second-order valence-corrected chi connectivity index (χ2v) is 8.38. The molecule has 1 aliphatic heterocycles. The quantitative estimate of drug-likeness (QED) is 0.601. The molecule has 1 aliphatic rings. The number of ether oxygens (including phenoxy) is 2. The minimum absolute atomic E-state index is 0.0326. The van der Waals surface area contributed by atoms with Crippen LogP contribution in [-0.2, 0) is 31.9 Å². The molecule has 9 heteroatoms. The van der Waals surface area contributed by atoms with E-state index in [0.717, 1.165) is 18.4 Å². The van der Waals surface area contributed by atoms with Gasteiger partial charge in [0.25, 0.3) is 5.89 Å². The summed E-state index contributed by atoms with van der Waals surface area (Å²) in [5, 5.41) is 4.01. The van der Waals surface area contributed by atoms with Crippen LogP contribution < -0.4 is 0 Å². The number of aromatic nitrogens is 2. The van der Waals surface area contributed by atoms with E-state index in [1.54, 1.807) is 7.11 Å². The van der Waals surface area contributed by atoms with Crippen LogP contribution in [0.5, 0.6) is 0 Å². The van der Waals surface area contributed by atoms with E-state index in [1.165, 1.54) is 4.31 Å². The summed E-state index contributed by atoms with van der Waals surface area (Å²) >= 11 is 0. The van der Waals surface area contributed by atoms with E-state index in [2.05, 4.69) is 10.1 Å². The molecule has 0 aliphatic carbocycles. The predicted molar refractivity (Wildman–Crippen MR) is 98.2 cm³/mol. The zero-order valence-corrected chi connectivity index (χ0v) is 16.2. The van der Waals surface area contributed by atoms with Crippen LogP contribution in [0.2, 0.25) is 0 Å². The van der Waals surface area contributed by atoms with E-state index in [0.29, 0.717) is 37.9 Å². The van der Waals surface area contributed by atoms with Gasteiger partial charge < -0.3 is 14.0 Å². The third-order valence-electron chi connectivity index (χ3n) is 4.44. The predicted octanol–water partition coefficient (Wildman–Crippen LogP) is 2.29. The van der Waals surface area contributed by atoms with Gasteiger partial charge in [0.2, 0.25) is 10.0 Å². The second kappa shape index (κ2) is 9.41. The van der Waals surface area contributed by atoms with Crippen molar-refractivity contribution in [3.05, 3.63) is 47.6 Å². The molecule has 1 saturated heterocycles. The number of hydrogen-bond donors (Lipinski definition) is 0. The molecular weight excluding hydrogens is 370 g/mol. The lowest BCUT2D eigenvalue weighted by Gasteiger charge is -2.32. The van der Waals surface area contributed by atoms with Crippen molar-refractivity contribution in [3.63, 3.8) is 0 Å². The largest absolute Gasteiger partial charge is 0.382 e. The first-order chi connectivity index (χ1) is 13.1. The van der Waals surface area contributed by atoms with Gasteiger partial charge in [0.1, 0.15) is 6.61 Å². The highest BCUT2D eigenvalue weighted by atomic mass is 32.2. The molecule has 0 spiro atoms. The summed E-state index contributed by atoms with van der Waals surface area (Å²) in [5.41, 5.74) is 0.766. The molecule has 1 aromatic heterocycles.